The van der Waals surface area contributed by atoms with Gasteiger partial charge in [-0.15, -0.1) is 0 Å². The van der Waals surface area contributed by atoms with Crippen LogP contribution in [0.2, 0.25) is 5.02 Å². The Balaban J connectivity index is 1.88. The molecular formula is C16H18ClN3O. The van der Waals surface area contributed by atoms with Gasteiger partial charge in [0.2, 0.25) is 0 Å². The zero-order valence-corrected chi connectivity index (χ0v) is 12.6. The van der Waals surface area contributed by atoms with Crippen LogP contribution in [-0.4, -0.2) is 26.0 Å². The summed E-state index contributed by atoms with van der Waals surface area (Å²) in [7, 11) is 1.98. The van der Waals surface area contributed by atoms with E-state index in [2.05, 4.69) is 10.2 Å². The molecule has 0 radical (unpaired) electrons. The molecule has 0 aliphatic carbocycles. The van der Waals surface area contributed by atoms with Crippen molar-refractivity contribution in [3.8, 4) is 0 Å². The number of para-hydroxylation sites is 1. The number of carbonyl (C=O) groups excluding carboxylic acids is 1. The normalized spacial score (nSPS) is 10.2. The molecule has 0 saturated heterocycles. The summed E-state index contributed by atoms with van der Waals surface area (Å²) < 4.78 is 0. The zero-order valence-electron chi connectivity index (χ0n) is 11.8. The first kappa shape index (κ1) is 15.2. The summed E-state index contributed by atoms with van der Waals surface area (Å²) in [5, 5.41) is 3.25. The van der Waals surface area contributed by atoms with E-state index < -0.39 is 0 Å². The molecule has 1 amide bonds. The predicted molar refractivity (Wildman–Crippen MR) is 87.9 cm³/mol. The maximum Gasteiger partial charge on any atom is 0.252 e. The smallest absolute Gasteiger partial charge is 0.252 e. The molecule has 5 heteroatoms. The third-order valence-corrected chi connectivity index (χ3v) is 3.49. The van der Waals surface area contributed by atoms with E-state index in [1.807, 2.05) is 37.4 Å². The average Bonchev–Trinajstić information content (AvgIpc) is 2.50. The lowest BCUT2D eigenvalue weighted by Gasteiger charge is -2.19. The van der Waals surface area contributed by atoms with E-state index in [0.717, 1.165) is 5.69 Å². The van der Waals surface area contributed by atoms with Gasteiger partial charge in [-0.1, -0.05) is 29.8 Å². The highest BCUT2D eigenvalue weighted by Gasteiger charge is 2.10. The molecule has 0 bridgehead atoms. The van der Waals surface area contributed by atoms with Crippen molar-refractivity contribution in [2.75, 3.05) is 30.8 Å². The van der Waals surface area contributed by atoms with Gasteiger partial charge < -0.3 is 16.0 Å². The van der Waals surface area contributed by atoms with Crippen LogP contribution in [0.25, 0.3) is 0 Å². The van der Waals surface area contributed by atoms with Gasteiger partial charge in [0.1, 0.15) is 0 Å². The number of anilines is 2. The predicted octanol–water partition coefficient (Wildman–Crippen LogP) is 2.79. The number of hydrogen-bond acceptors (Lipinski definition) is 3. The second kappa shape index (κ2) is 6.99. The summed E-state index contributed by atoms with van der Waals surface area (Å²) >= 11 is 6.00. The molecular weight excluding hydrogens is 286 g/mol. The van der Waals surface area contributed by atoms with Crippen LogP contribution in [0.3, 0.4) is 0 Å². The number of nitrogens with zero attached hydrogens (tertiary/aromatic N) is 1. The second-order valence-corrected chi connectivity index (χ2v) is 5.16. The fourth-order valence-corrected chi connectivity index (χ4v) is 2.16. The number of nitrogen functional groups attached to an aromatic ring is 1. The second-order valence-electron chi connectivity index (χ2n) is 4.75. The molecule has 0 heterocycles. The lowest BCUT2D eigenvalue weighted by Crippen LogP contribution is -2.33. The summed E-state index contributed by atoms with van der Waals surface area (Å²) in [4.78, 5) is 14.1. The van der Waals surface area contributed by atoms with Crippen molar-refractivity contribution in [2.24, 2.45) is 0 Å². The third kappa shape index (κ3) is 4.13. The Kier molecular flexibility index (Phi) is 5.06. The Bertz CT molecular complexity index is 616. The highest BCUT2D eigenvalue weighted by atomic mass is 35.5. The van der Waals surface area contributed by atoms with Crippen LogP contribution in [-0.2, 0) is 0 Å². The maximum atomic E-state index is 12.1. The van der Waals surface area contributed by atoms with Gasteiger partial charge in [-0.2, -0.15) is 0 Å². The van der Waals surface area contributed by atoms with E-state index in [-0.39, 0.29) is 5.91 Å². The summed E-state index contributed by atoms with van der Waals surface area (Å²) in [6.45, 7) is 1.23. The van der Waals surface area contributed by atoms with Crippen molar-refractivity contribution in [3.63, 3.8) is 0 Å². The van der Waals surface area contributed by atoms with Gasteiger partial charge in [-0.05, 0) is 30.3 Å². The first-order chi connectivity index (χ1) is 10.1. The Labute approximate surface area is 129 Å². The van der Waals surface area contributed by atoms with Crippen LogP contribution in [0.15, 0.2) is 48.5 Å². The number of nitrogens with two attached hydrogens (primary N) is 1. The molecule has 0 saturated carbocycles. The minimum Gasteiger partial charge on any atom is -0.399 e. The Hall–Kier alpha value is -2.20. The molecule has 0 spiro atoms. The third-order valence-electron chi connectivity index (χ3n) is 3.16. The fourth-order valence-electron chi connectivity index (χ4n) is 1.96. The lowest BCUT2D eigenvalue weighted by atomic mass is 10.2. The van der Waals surface area contributed by atoms with Gasteiger partial charge in [0.15, 0.2) is 0 Å². The monoisotopic (exact) mass is 303 g/mol. The van der Waals surface area contributed by atoms with E-state index in [9.17, 15) is 4.79 Å². The molecule has 4 nitrogen and oxygen atoms in total. The molecule has 0 aromatic heterocycles. The Morgan fingerprint density at radius 1 is 1.24 bits per heavy atom. The van der Waals surface area contributed by atoms with E-state index in [1.54, 1.807) is 18.2 Å². The van der Waals surface area contributed by atoms with Crippen molar-refractivity contribution >= 4 is 28.9 Å². The lowest BCUT2D eigenvalue weighted by molar-refractivity contribution is 0.0955. The number of likely N-dealkylation sites (N-methyl/N-ethyl adjacent to an activating group) is 1. The topological polar surface area (TPSA) is 58.4 Å². The van der Waals surface area contributed by atoms with Crippen molar-refractivity contribution in [3.05, 3.63) is 59.1 Å². The van der Waals surface area contributed by atoms with E-state index in [4.69, 9.17) is 17.3 Å². The average molecular weight is 304 g/mol. The number of benzene rings is 2. The molecule has 2 aromatic carbocycles. The van der Waals surface area contributed by atoms with Crippen molar-refractivity contribution in [1.29, 1.82) is 0 Å². The van der Waals surface area contributed by atoms with Crippen LogP contribution in [0, 0.1) is 0 Å². The van der Waals surface area contributed by atoms with Gasteiger partial charge in [0.05, 0.1) is 10.6 Å². The molecule has 0 unspecified atom stereocenters. The largest absolute Gasteiger partial charge is 0.399 e. The van der Waals surface area contributed by atoms with Crippen molar-refractivity contribution in [1.82, 2.24) is 5.32 Å². The quantitative estimate of drug-likeness (QED) is 0.835. The molecule has 0 aliphatic rings. The summed E-state index contributed by atoms with van der Waals surface area (Å²) in [6, 6.07) is 14.9. The van der Waals surface area contributed by atoms with E-state index >= 15 is 0 Å². The first-order valence-electron chi connectivity index (χ1n) is 6.67. The minimum atomic E-state index is -0.214. The van der Waals surface area contributed by atoms with Crippen LogP contribution in [0.1, 0.15) is 10.4 Å². The Morgan fingerprint density at radius 2 is 1.95 bits per heavy atom. The van der Waals surface area contributed by atoms with Crippen LogP contribution in [0.4, 0.5) is 11.4 Å². The highest BCUT2D eigenvalue weighted by Crippen LogP contribution is 2.18. The minimum absolute atomic E-state index is 0.214. The first-order valence-corrected chi connectivity index (χ1v) is 7.05. The highest BCUT2D eigenvalue weighted by molar-refractivity contribution is 6.34. The Morgan fingerprint density at radius 3 is 2.67 bits per heavy atom. The number of hydrogen-bond donors (Lipinski definition) is 2. The van der Waals surface area contributed by atoms with Gasteiger partial charge in [0, 0.05) is 31.5 Å². The molecule has 21 heavy (non-hydrogen) atoms. The fraction of sp³-hybridized carbons (Fsp3) is 0.188. The van der Waals surface area contributed by atoms with Crippen LogP contribution < -0.4 is 16.0 Å². The number of amides is 1. The standard InChI is InChI=1S/C16H18ClN3O/c1-20(13-5-3-2-4-6-13)10-9-19-16(21)14-11-12(18)7-8-15(14)17/h2-8,11H,9-10,18H2,1H3,(H,19,21). The number of rotatable bonds is 5. The van der Waals surface area contributed by atoms with Gasteiger partial charge in [-0.25, -0.2) is 0 Å². The zero-order chi connectivity index (χ0) is 15.2. The number of nitrogens with one attached hydrogen (secondary N) is 1. The van der Waals surface area contributed by atoms with E-state index in [1.165, 1.54) is 0 Å². The molecule has 110 valence electrons. The van der Waals surface area contributed by atoms with Gasteiger partial charge in [-0.3, -0.25) is 4.79 Å². The molecule has 2 rings (SSSR count). The molecule has 3 N–H and O–H groups in total. The molecule has 0 fully saturated rings. The molecule has 0 aliphatic heterocycles. The number of carbonyl (C=O) groups is 1. The van der Waals surface area contributed by atoms with Gasteiger partial charge >= 0.3 is 0 Å². The van der Waals surface area contributed by atoms with Crippen LogP contribution >= 0.6 is 11.6 Å². The summed E-state index contributed by atoms with van der Waals surface area (Å²) in [5.74, 6) is -0.214. The SMILES string of the molecule is CN(CCNC(=O)c1cc(N)ccc1Cl)c1ccccc1. The van der Waals surface area contributed by atoms with E-state index in [0.29, 0.717) is 29.4 Å². The van der Waals surface area contributed by atoms with Crippen molar-refractivity contribution < 1.29 is 4.79 Å². The number of halogens is 1. The summed E-state index contributed by atoms with van der Waals surface area (Å²) in [5.41, 5.74) is 7.70. The van der Waals surface area contributed by atoms with Crippen LogP contribution in [0.5, 0.6) is 0 Å². The van der Waals surface area contributed by atoms with Crippen molar-refractivity contribution in [2.45, 2.75) is 0 Å². The summed E-state index contributed by atoms with van der Waals surface area (Å²) in [6.07, 6.45) is 0. The molecule has 2 aromatic rings. The molecule has 0 atom stereocenters. The maximum absolute atomic E-state index is 12.1. The van der Waals surface area contributed by atoms with Gasteiger partial charge in [0.25, 0.3) is 5.91 Å².